The maximum Gasteiger partial charge on any atom is 0.334 e. The van der Waals surface area contributed by atoms with Crippen molar-refractivity contribution in [3.05, 3.63) is 35.9 Å². The number of rotatable bonds is 15. The molecular formula is C21H40O9P2. The largest absolute Gasteiger partial charge is 0.395 e. The first-order valence-electron chi connectivity index (χ1n) is 10.7. The summed E-state index contributed by atoms with van der Waals surface area (Å²) in [5.41, 5.74) is -2.18. The second-order valence-corrected chi connectivity index (χ2v) is 9.93. The third-order valence-corrected chi connectivity index (χ3v) is 6.67. The molecule has 8 N–H and O–H groups in total. The molecule has 1 atom stereocenters. The quantitative estimate of drug-likeness (QED) is 0.134. The van der Waals surface area contributed by atoms with Gasteiger partial charge in [0.15, 0.2) is 0 Å². The lowest BCUT2D eigenvalue weighted by Crippen LogP contribution is -2.53. The highest BCUT2D eigenvalue weighted by Gasteiger charge is 2.50. The van der Waals surface area contributed by atoms with Gasteiger partial charge in [-0.15, -0.1) is 0 Å². The summed E-state index contributed by atoms with van der Waals surface area (Å²) in [5, 5.41) is 40.8. The smallest absolute Gasteiger partial charge is 0.334 e. The molecule has 1 rings (SSSR count). The van der Waals surface area contributed by atoms with Crippen LogP contribution < -0.4 is 0 Å². The van der Waals surface area contributed by atoms with Crippen LogP contribution in [0.2, 0.25) is 0 Å². The number of hydrogen-bond donors (Lipinski definition) is 8. The molecule has 0 aliphatic carbocycles. The zero-order valence-electron chi connectivity index (χ0n) is 18.9. The highest BCUT2D eigenvalue weighted by molar-refractivity contribution is 7.53. The molecule has 11 heteroatoms. The van der Waals surface area contributed by atoms with Crippen molar-refractivity contribution in [3.63, 3.8) is 0 Å². The van der Waals surface area contributed by atoms with E-state index in [1.165, 1.54) is 19.3 Å². The Bertz CT molecular complexity index is 557. The lowest BCUT2D eigenvalue weighted by Gasteiger charge is -2.45. The van der Waals surface area contributed by atoms with Gasteiger partial charge in [-0.3, -0.25) is 0 Å². The first kappa shape index (κ1) is 31.7. The minimum atomic E-state index is -2.61. The van der Waals surface area contributed by atoms with Crippen molar-refractivity contribution in [2.75, 3.05) is 19.8 Å². The van der Waals surface area contributed by atoms with Crippen LogP contribution in [0.25, 0.3) is 0 Å². The minimum absolute atomic E-state index is 0.406. The van der Waals surface area contributed by atoms with Gasteiger partial charge in [0.1, 0.15) is 5.60 Å². The van der Waals surface area contributed by atoms with E-state index < -0.39 is 48.0 Å². The van der Waals surface area contributed by atoms with E-state index in [2.05, 4.69) is 18.2 Å². The van der Waals surface area contributed by atoms with Crippen LogP contribution in [0.3, 0.4) is 0 Å². The molecule has 1 aromatic carbocycles. The Morgan fingerprint density at radius 2 is 1.25 bits per heavy atom. The van der Waals surface area contributed by atoms with Gasteiger partial charge in [0.2, 0.25) is 0 Å². The minimum Gasteiger partial charge on any atom is -0.395 e. The molecule has 32 heavy (non-hydrogen) atoms. The van der Waals surface area contributed by atoms with Crippen LogP contribution in [-0.2, 0) is 9.91 Å². The maximum atomic E-state index is 11.4. The Morgan fingerprint density at radius 3 is 1.66 bits per heavy atom. The molecule has 9 nitrogen and oxygen atoms in total. The Kier molecular flexibility index (Phi) is 17.0. The summed E-state index contributed by atoms with van der Waals surface area (Å²) >= 11 is 0. The van der Waals surface area contributed by atoms with Crippen molar-refractivity contribution in [1.82, 2.24) is 0 Å². The van der Waals surface area contributed by atoms with E-state index in [-0.39, 0.29) is 0 Å². The van der Waals surface area contributed by atoms with Crippen LogP contribution in [0, 0.1) is 11.3 Å². The molecule has 188 valence electrons. The molecule has 0 amide bonds. The Hall–Kier alpha value is -0.280. The Labute approximate surface area is 193 Å². The average Bonchev–Trinajstić information content (AvgIpc) is 2.74. The fourth-order valence-corrected chi connectivity index (χ4v) is 4.02. The first-order valence-corrected chi connectivity index (χ1v) is 13.1. The molecule has 1 aromatic rings. The number of benzene rings is 1. The van der Waals surface area contributed by atoms with Crippen LogP contribution in [0.15, 0.2) is 30.3 Å². The topological polar surface area (TPSA) is 171 Å². The summed E-state index contributed by atoms with van der Waals surface area (Å²) in [5.74, 6) is 0.738. The van der Waals surface area contributed by atoms with Crippen LogP contribution in [0.1, 0.15) is 64.4 Å². The van der Waals surface area contributed by atoms with E-state index in [1.807, 2.05) is 18.2 Å². The van der Waals surface area contributed by atoms with Crippen molar-refractivity contribution in [2.24, 2.45) is 11.3 Å². The molecule has 0 saturated carbocycles. The van der Waals surface area contributed by atoms with E-state index in [0.29, 0.717) is 12.0 Å². The fraction of sp³-hybridized carbons (Fsp3) is 0.714. The van der Waals surface area contributed by atoms with Crippen molar-refractivity contribution < 1.29 is 44.3 Å². The van der Waals surface area contributed by atoms with Gasteiger partial charge in [-0.05, 0) is 17.9 Å². The van der Waals surface area contributed by atoms with Crippen LogP contribution >= 0.6 is 17.2 Å². The van der Waals surface area contributed by atoms with Crippen molar-refractivity contribution >= 4 is 17.2 Å². The van der Waals surface area contributed by atoms with E-state index >= 15 is 0 Å². The predicted molar refractivity (Wildman–Crippen MR) is 125 cm³/mol. The average molecular weight is 498 g/mol. The van der Waals surface area contributed by atoms with Gasteiger partial charge in [0, 0.05) is 0 Å². The molecule has 1 unspecified atom stereocenters. The maximum absolute atomic E-state index is 11.4. The molecule has 0 fully saturated rings. The Balaban J connectivity index is 0.00000118. The molecular weight excluding hydrogens is 458 g/mol. The van der Waals surface area contributed by atoms with Gasteiger partial charge < -0.3 is 40.0 Å². The normalized spacial score (nSPS) is 13.9. The lowest BCUT2D eigenvalue weighted by molar-refractivity contribution is -0.164. The SMILES string of the molecule is CC(C)CCCCCCCC(O)(c1ccccc1)C(CO)(CO)CO.OP(O)OP(O)O. The molecule has 0 aliphatic heterocycles. The molecule has 0 radical (unpaired) electrons. The van der Waals surface area contributed by atoms with Crippen molar-refractivity contribution in [2.45, 2.75) is 64.4 Å². The van der Waals surface area contributed by atoms with Gasteiger partial charge in [-0.25, -0.2) is 4.31 Å². The first-order chi connectivity index (χ1) is 15.1. The third-order valence-electron chi connectivity index (χ3n) is 5.50. The van der Waals surface area contributed by atoms with Gasteiger partial charge in [-0.1, -0.05) is 82.7 Å². The zero-order valence-corrected chi connectivity index (χ0v) is 20.7. The van der Waals surface area contributed by atoms with E-state index in [0.717, 1.165) is 25.2 Å². The Morgan fingerprint density at radius 1 is 0.781 bits per heavy atom. The molecule has 0 aliphatic rings. The fourth-order valence-electron chi connectivity index (χ4n) is 3.50. The summed E-state index contributed by atoms with van der Waals surface area (Å²) in [6.07, 6.45) is 6.96. The van der Waals surface area contributed by atoms with Crippen molar-refractivity contribution in [1.29, 1.82) is 0 Å². The van der Waals surface area contributed by atoms with Crippen molar-refractivity contribution in [3.8, 4) is 0 Å². The third kappa shape index (κ3) is 11.2. The van der Waals surface area contributed by atoms with Crippen LogP contribution in [0.5, 0.6) is 0 Å². The number of hydrogen-bond acceptors (Lipinski definition) is 9. The van der Waals surface area contributed by atoms with Gasteiger partial charge in [0.25, 0.3) is 0 Å². The molecule has 0 aromatic heterocycles. The summed E-state index contributed by atoms with van der Waals surface area (Å²) in [7, 11) is -5.22. The van der Waals surface area contributed by atoms with Crippen LogP contribution in [-0.4, -0.2) is 59.8 Å². The highest BCUT2D eigenvalue weighted by atomic mass is 31.2. The second kappa shape index (κ2) is 17.2. The molecule has 0 bridgehead atoms. The molecule has 0 heterocycles. The zero-order chi connectivity index (χ0) is 24.6. The number of aliphatic hydroxyl groups is 4. The summed E-state index contributed by atoms with van der Waals surface area (Å²) < 4.78 is 3.60. The van der Waals surface area contributed by atoms with Crippen LogP contribution in [0.4, 0.5) is 0 Å². The van der Waals surface area contributed by atoms with E-state index in [4.69, 9.17) is 19.6 Å². The van der Waals surface area contributed by atoms with Gasteiger partial charge in [0.05, 0.1) is 25.2 Å². The van der Waals surface area contributed by atoms with E-state index in [9.17, 15) is 20.4 Å². The predicted octanol–water partition coefficient (Wildman–Crippen LogP) is 2.65. The number of aliphatic hydroxyl groups excluding tert-OH is 3. The lowest BCUT2D eigenvalue weighted by atomic mass is 9.67. The molecule has 0 saturated heterocycles. The standard InChI is InChI=1S/C21H36O4.H4O5P2/c1-18(2)11-7-4-3-5-10-14-21(25,19-12-8-6-9-13-19)20(15-22,16-23)17-24;1-6(2)5-7(3)4/h6,8-9,12-13,18,22-25H,3-5,7,10-11,14-17H2,1-2H3;1-4H. The summed E-state index contributed by atoms with van der Waals surface area (Å²) in [6.45, 7) is 3.05. The van der Waals surface area contributed by atoms with Gasteiger partial charge >= 0.3 is 17.2 Å². The van der Waals surface area contributed by atoms with E-state index in [1.54, 1.807) is 12.1 Å². The monoisotopic (exact) mass is 498 g/mol. The molecule has 0 spiro atoms. The number of unbranched alkanes of at least 4 members (excludes halogenated alkanes) is 4. The second-order valence-electron chi connectivity index (χ2n) is 8.27. The summed E-state index contributed by atoms with van der Waals surface area (Å²) in [4.78, 5) is 31.3. The summed E-state index contributed by atoms with van der Waals surface area (Å²) in [6, 6.07) is 9.08. The highest BCUT2D eigenvalue weighted by Crippen LogP contribution is 2.43. The van der Waals surface area contributed by atoms with Gasteiger partial charge in [-0.2, -0.15) is 0 Å².